The molecule has 4 nitrogen and oxygen atoms in total. The van der Waals surface area contributed by atoms with E-state index in [-0.39, 0.29) is 0 Å². The minimum Gasteiger partial charge on any atom is -0.478 e. The molecule has 2 fully saturated rings. The largest absolute Gasteiger partial charge is 0.478 e. The summed E-state index contributed by atoms with van der Waals surface area (Å²) in [7, 11) is 0. The molecular weight excluding hydrogens is 228 g/mol. The number of aromatic carboxylic acids is 1. The van der Waals surface area contributed by atoms with Crippen LogP contribution in [0.4, 0.5) is 0 Å². The van der Waals surface area contributed by atoms with E-state index in [1.807, 2.05) is 4.68 Å². The van der Waals surface area contributed by atoms with E-state index in [2.05, 4.69) is 12.0 Å². The smallest absolute Gasteiger partial charge is 0.339 e. The quantitative estimate of drug-likeness (QED) is 0.890. The van der Waals surface area contributed by atoms with E-state index in [4.69, 9.17) is 0 Å². The highest BCUT2D eigenvalue weighted by Crippen LogP contribution is 2.40. The van der Waals surface area contributed by atoms with Crippen molar-refractivity contribution in [2.24, 2.45) is 5.92 Å². The van der Waals surface area contributed by atoms with Crippen LogP contribution in [-0.2, 0) is 0 Å². The van der Waals surface area contributed by atoms with Crippen LogP contribution in [0, 0.1) is 5.92 Å². The SMILES string of the molecule is CC(C1CC1)n1cc(C(=O)O)c(C2CCCC2)n1. The van der Waals surface area contributed by atoms with Crippen molar-refractivity contribution in [3.8, 4) is 0 Å². The van der Waals surface area contributed by atoms with Crippen LogP contribution in [-0.4, -0.2) is 20.9 Å². The molecule has 0 spiro atoms. The lowest BCUT2D eigenvalue weighted by Gasteiger charge is -2.10. The monoisotopic (exact) mass is 248 g/mol. The average molecular weight is 248 g/mol. The van der Waals surface area contributed by atoms with Gasteiger partial charge in [0, 0.05) is 12.1 Å². The minimum absolute atomic E-state index is 0.346. The van der Waals surface area contributed by atoms with Crippen LogP contribution < -0.4 is 0 Å². The van der Waals surface area contributed by atoms with E-state index in [0.29, 0.717) is 23.4 Å². The van der Waals surface area contributed by atoms with E-state index in [9.17, 15) is 9.90 Å². The van der Waals surface area contributed by atoms with Crippen molar-refractivity contribution >= 4 is 5.97 Å². The molecule has 0 saturated heterocycles. The second kappa shape index (κ2) is 4.41. The molecule has 0 amide bonds. The molecular formula is C14H20N2O2. The Labute approximate surface area is 107 Å². The Morgan fingerprint density at radius 3 is 2.61 bits per heavy atom. The fraction of sp³-hybridized carbons (Fsp3) is 0.714. The summed E-state index contributed by atoms with van der Waals surface area (Å²) in [4.78, 5) is 11.3. The van der Waals surface area contributed by atoms with Gasteiger partial charge in [0.1, 0.15) is 5.56 Å². The zero-order chi connectivity index (χ0) is 12.7. The summed E-state index contributed by atoms with van der Waals surface area (Å²) in [6, 6.07) is 0.346. The van der Waals surface area contributed by atoms with Crippen molar-refractivity contribution in [3.63, 3.8) is 0 Å². The molecule has 98 valence electrons. The Morgan fingerprint density at radius 1 is 1.39 bits per heavy atom. The van der Waals surface area contributed by atoms with Crippen LogP contribution in [0.2, 0.25) is 0 Å². The molecule has 3 rings (SSSR count). The molecule has 0 bridgehead atoms. The van der Waals surface area contributed by atoms with E-state index in [0.717, 1.165) is 18.5 Å². The summed E-state index contributed by atoms with van der Waals surface area (Å²) >= 11 is 0. The molecule has 1 heterocycles. The predicted octanol–water partition coefficient (Wildman–Crippen LogP) is 3.21. The first-order chi connectivity index (χ1) is 8.66. The summed E-state index contributed by atoms with van der Waals surface area (Å²) in [6.45, 7) is 2.15. The van der Waals surface area contributed by atoms with Gasteiger partial charge in [-0.25, -0.2) is 4.79 Å². The van der Waals surface area contributed by atoms with Gasteiger partial charge >= 0.3 is 5.97 Å². The number of nitrogens with zero attached hydrogens (tertiary/aromatic N) is 2. The van der Waals surface area contributed by atoms with Gasteiger partial charge in [-0.3, -0.25) is 4.68 Å². The fourth-order valence-electron chi connectivity index (χ4n) is 3.07. The maximum Gasteiger partial charge on any atom is 0.339 e. The van der Waals surface area contributed by atoms with Crippen molar-refractivity contribution in [2.75, 3.05) is 0 Å². The molecule has 1 atom stereocenters. The molecule has 2 aliphatic carbocycles. The van der Waals surface area contributed by atoms with Crippen LogP contribution in [0.1, 0.15) is 73.5 Å². The van der Waals surface area contributed by atoms with Gasteiger partial charge in [0.15, 0.2) is 0 Å². The summed E-state index contributed by atoms with van der Waals surface area (Å²) in [5, 5.41) is 13.9. The Balaban J connectivity index is 1.92. The lowest BCUT2D eigenvalue weighted by atomic mass is 10.0. The topological polar surface area (TPSA) is 55.1 Å². The molecule has 0 radical (unpaired) electrons. The lowest BCUT2D eigenvalue weighted by molar-refractivity contribution is 0.0695. The molecule has 0 aliphatic heterocycles. The number of hydrogen-bond acceptors (Lipinski definition) is 2. The van der Waals surface area contributed by atoms with E-state index in [1.165, 1.54) is 25.7 Å². The highest BCUT2D eigenvalue weighted by atomic mass is 16.4. The molecule has 18 heavy (non-hydrogen) atoms. The van der Waals surface area contributed by atoms with Gasteiger partial charge in [-0.15, -0.1) is 0 Å². The Hall–Kier alpha value is -1.32. The Morgan fingerprint density at radius 2 is 2.06 bits per heavy atom. The second-order valence-corrected chi connectivity index (χ2v) is 5.77. The Bertz CT molecular complexity index is 456. The highest BCUT2D eigenvalue weighted by Gasteiger charge is 2.32. The fourth-order valence-corrected chi connectivity index (χ4v) is 3.07. The van der Waals surface area contributed by atoms with Crippen LogP contribution >= 0.6 is 0 Å². The number of carboxylic acids is 1. The van der Waals surface area contributed by atoms with E-state index >= 15 is 0 Å². The molecule has 1 N–H and O–H groups in total. The number of rotatable bonds is 4. The maximum absolute atomic E-state index is 11.3. The standard InChI is InChI=1S/C14H20N2O2/c1-9(10-6-7-10)16-8-12(14(17)18)13(15-16)11-4-2-3-5-11/h8-11H,2-7H2,1H3,(H,17,18). The van der Waals surface area contributed by atoms with Crippen molar-refractivity contribution in [1.82, 2.24) is 9.78 Å². The summed E-state index contributed by atoms with van der Waals surface area (Å²) in [5.41, 5.74) is 1.25. The van der Waals surface area contributed by atoms with Crippen molar-refractivity contribution in [3.05, 3.63) is 17.5 Å². The van der Waals surface area contributed by atoms with Crippen LogP contribution in [0.5, 0.6) is 0 Å². The third-order valence-electron chi connectivity index (χ3n) is 4.45. The van der Waals surface area contributed by atoms with Gasteiger partial charge in [-0.05, 0) is 38.5 Å². The minimum atomic E-state index is -0.828. The predicted molar refractivity (Wildman–Crippen MR) is 67.8 cm³/mol. The average Bonchev–Trinajstić information content (AvgIpc) is 2.90. The van der Waals surface area contributed by atoms with Gasteiger partial charge in [0.2, 0.25) is 0 Å². The van der Waals surface area contributed by atoms with Crippen molar-refractivity contribution in [2.45, 2.75) is 57.4 Å². The van der Waals surface area contributed by atoms with Crippen LogP contribution in [0.3, 0.4) is 0 Å². The second-order valence-electron chi connectivity index (χ2n) is 5.77. The molecule has 2 aliphatic rings. The third-order valence-corrected chi connectivity index (χ3v) is 4.45. The van der Waals surface area contributed by atoms with Gasteiger partial charge in [0.25, 0.3) is 0 Å². The first-order valence-corrected chi connectivity index (χ1v) is 6.99. The number of hydrogen-bond donors (Lipinski definition) is 1. The third kappa shape index (κ3) is 2.04. The van der Waals surface area contributed by atoms with Crippen molar-refractivity contribution in [1.29, 1.82) is 0 Å². The van der Waals surface area contributed by atoms with Gasteiger partial charge < -0.3 is 5.11 Å². The van der Waals surface area contributed by atoms with Gasteiger partial charge in [0.05, 0.1) is 11.7 Å². The normalized spacial score (nSPS) is 22.3. The highest BCUT2D eigenvalue weighted by molar-refractivity contribution is 5.88. The van der Waals surface area contributed by atoms with E-state index < -0.39 is 5.97 Å². The maximum atomic E-state index is 11.3. The zero-order valence-corrected chi connectivity index (χ0v) is 10.8. The summed E-state index contributed by atoms with van der Waals surface area (Å²) < 4.78 is 1.90. The number of aromatic nitrogens is 2. The molecule has 1 aromatic rings. The first kappa shape index (κ1) is 11.8. The Kier molecular flexibility index (Phi) is 2.88. The zero-order valence-electron chi connectivity index (χ0n) is 10.8. The molecule has 1 unspecified atom stereocenters. The van der Waals surface area contributed by atoms with Gasteiger partial charge in [-0.1, -0.05) is 12.8 Å². The number of carbonyl (C=O) groups is 1. The van der Waals surface area contributed by atoms with E-state index in [1.54, 1.807) is 6.20 Å². The summed E-state index contributed by atoms with van der Waals surface area (Å²) in [5.74, 6) is 0.234. The molecule has 2 saturated carbocycles. The molecule has 0 aromatic carbocycles. The molecule has 4 heteroatoms. The van der Waals surface area contributed by atoms with Gasteiger partial charge in [-0.2, -0.15) is 5.10 Å². The molecule has 1 aromatic heterocycles. The van der Waals surface area contributed by atoms with Crippen molar-refractivity contribution < 1.29 is 9.90 Å². The summed E-state index contributed by atoms with van der Waals surface area (Å²) in [6.07, 6.45) is 8.84. The lowest BCUT2D eigenvalue weighted by Crippen LogP contribution is -2.08. The first-order valence-electron chi connectivity index (χ1n) is 6.99. The number of carboxylic acid groups (broad SMARTS) is 1. The van der Waals surface area contributed by atoms with Crippen LogP contribution in [0.15, 0.2) is 6.20 Å². The van der Waals surface area contributed by atoms with Crippen LogP contribution in [0.25, 0.3) is 0 Å².